The molecule has 0 saturated carbocycles. The smallest absolute Gasteiger partial charge is 0.310 e. The Kier molecular flexibility index (Phi) is 10.3. The number of unbranched alkanes of at least 4 members (excludes halogenated alkanes) is 2. The van der Waals surface area contributed by atoms with Gasteiger partial charge in [0.15, 0.2) is 0 Å². The van der Waals surface area contributed by atoms with Crippen LogP contribution in [0.15, 0.2) is 25.3 Å². The molecule has 3 saturated heterocycles. The summed E-state index contributed by atoms with van der Waals surface area (Å²) >= 11 is 1.64. The van der Waals surface area contributed by atoms with Crippen LogP contribution in [0.5, 0.6) is 0 Å². The average molecular weight is 577 g/mol. The van der Waals surface area contributed by atoms with Crippen LogP contribution in [-0.4, -0.2) is 80.1 Å². The molecular weight excluding hydrogens is 524 g/mol. The third-order valence-electron chi connectivity index (χ3n) is 8.88. The van der Waals surface area contributed by atoms with Crippen LogP contribution in [0, 0.1) is 23.2 Å². The molecule has 6 atom stereocenters. The van der Waals surface area contributed by atoms with Crippen molar-refractivity contribution in [1.82, 2.24) is 9.80 Å². The molecule has 8 heteroatoms. The number of aliphatic hydroxyl groups is 1. The first-order valence-electron chi connectivity index (χ1n) is 15.0. The summed E-state index contributed by atoms with van der Waals surface area (Å²) in [4.78, 5) is 46.2. The van der Waals surface area contributed by atoms with E-state index in [1.807, 2.05) is 24.8 Å². The zero-order valence-electron chi connectivity index (χ0n) is 25.8. The minimum absolute atomic E-state index is 0.0259. The maximum absolute atomic E-state index is 14.8. The molecule has 0 aromatic carbocycles. The van der Waals surface area contributed by atoms with Gasteiger partial charge in [-0.05, 0) is 63.7 Å². The Labute approximate surface area is 246 Å². The quantitative estimate of drug-likeness (QED) is 0.173. The second kappa shape index (κ2) is 12.6. The van der Waals surface area contributed by atoms with E-state index in [0.717, 1.165) is 32.1 Å². The van der Waals surface area contributed by atoms with Crippen LogP contribution in [0.2, 0.25) is 0 Å². The number of carbonyl (C=O) groups excluding carboxylic acids is 3. The number of fused-ring (bicyclic) bond motifs is 1. The minimum Gasteiger partial charge on any atom is -0.465 e. The number of ether oxygens (including phenoxy) is 1. The number of rotatable bonds is 14. The van der Waals surface area contributed by atoms with Crippen LogP contribution in [0.25, 0.3) is 0 Å². The van der Waals surface area contributed by atoms with Crippen molar-refractivity contribution in [2.45, 2.75) is 115 Å². The number of esters is 1. The fourth-order valence-corrected chi connectivity index (χ4v) is 9.77. The highest BCUT2D eigenvalue weighted by Gasteiger charge is 2.75. The Morgan fingerprint density at radius 3 is 2.42 bits per heavy atom. The lowest BCUT2D eigenvalue weighted by atomic mass is 9.71. The Hall–Kier alpha value is -1.80. The first-order valence-corrected chi connectivity index (χ1v) is 15.9. The van der Waals surface area contributed by atoms with Crippen molar-refractivity contribution in [3.05, 3.63) is 25.3 Å². The topological polar surface area (TPSA) is 87.1 Å². The summed E-state index contributed by atoms with van der Waals surface area (Å²) in [6.45, 7) is 22.7. The van der Waals surface area contributed by atoms with Gasteiger partial charge < -0.3 is 19.6 Å². The van der Waals surface area contributed by atoms with Crippen molar-refractivity contribution in [2.24, 2.45) is 23.2 Å². The van der Waals surface area contributed by atoms with Crippen molar-refractivity contribution < 1.29 is 24.2 Å². The molecular formula is C32H52N2O5S. The number of aliphatic hydroxyl groups excluding tert-OH is 1. The molecule has 2 amide bonds. The lowest BCUT2D eigenvalue weighted by Gasteiger charge is -2.47. The van der Waals surface area contributed by atoms with Crippen molar-refractivity contribution in [3.8, 4) is 0 Å². The second-order valence-electron chi connectivity index (χ2n) is 14.0. The van der Waals surface area contributed by atoms with Gasteiger partial charge in [0.1, 0.15) is 6.04 Å². The van der Waals surface area contributed by atoms with Crippen LogP contribution >= 0.6 is 11.8 Å². The van der Waals surface area contributed by atoms with Crippen LogP contribution in [0.4, 0.5) is 0 Å². The minimum atomic E-state index is -0.760. The molecule has 3 aliphatic heterocycles. The number of likely N-dealkylation sites (tertiary alicyclic amines) is 1. The molecule has 7 nitrogen and oxygen atoms in total. The van der Waals surface area contributed by atoms with Gasteiger partial charge in [-0.3, -0.25) is 14.4 Å². The molecule has 3 rings (SSSR count). The summed E-state index contributed by atoms with van der Waals surface area (Å²) in [7, 11) is 0. The van der Waals surface area contributed by atoms with E-state index in [1.54, 1.807) is 22.7 Å². The highest BCUT2D eigenvalue weighted by Crippen LogP contribution is 2.67. The number of amides is 2. The van der Waals surface area contributed by atoms with Crippen LogP contribution in [0.3, 0.4) is 0 Å². The Bertz CT molecular complexity index is 973. The maximum atomic E-state index is 14.8. The van der Waals surface area contributed by atoms with Gasteiger partial charge in [-0.2, -0.15) is 0 Å². The van der Waals surface area contributed by atoms with Crippen LogP contribution in [-0.2, 0) is 19.1 Å². The van der Waals surface area contributed by atoms with Gasteiger partial charge in [0, 0.05) is 17.3 Å². The van der Waals surface area contributed by atoms with E-state index >= 15 is 0 Å². The molecule has 3 aliphatic rings. The van der Waals surface area contributed by atoms with E-state index in [4.69, 9.17) is 4.74 Å². The predicted octanol–water partition coefficient (Wildman–Crippen LogP) is 5.22. The summed E-state index contributed by atoms with van der Waals surface area (Å²) in [6.07, 6.45) is 8.33. The fourth-order valence-electron chi connectivity index (χ4n) is 7.58. The zero-order valence-corrected chi connectivity index (χ0v) is 26.6. The molecule has 226 valence electrons. The van der Waals surface area contributed by atoms with Crippen molar-refractivity contribution >= 4 is 29.5 Å². The molecule has 0 aromatic heterocycles. The van der Waals surface area contributed by atoms with Gasteiger partial charge >= 0.3 is 5.97 Å². The van der Waals surface area contributed by atoms with E-state index in [9.17, 15) is 19.5 Å². The lowest BCUT2D eigenvalue weighted by molar-refractivity contribution is -0.155. The van der Waals surface area contributed by atoms with Crippen LogP contribution in [0.1, 0.15) is 87.0 Å². The molecule has 3 heterocycles. The Morgan fingerprint density at radius 2 is 1.88 bits per heavy atom. The van der Waals surface area contributed by atoms with Gasteiger partial charge in [0.2, 0.25) is 11.8 Å². The van der Waals surface area contributed by atoms with Gasteiger partial charge in [0.25, 0.3) is 0 Å². The summed E-state index contributed by atoms with van der Waals surface area (Å²) in [5.74, 6) is -1.90. The van der Waals surface area contributed by atoms with E-state index in [1.165, 1.54) is 0 Å². The number of hydrogen-bond acceptors (Lipinski definition) is 6. The van der Waals surface area contributed by atoms with Gasteiger partial charge in [0.05, 0.1) is 35.8 Å². The molecule has 0 aromatic rings. The number of thioether (sulfide) groups is 1. The number of nitrogens with zero attached hydrogens (tertiary/aromatic N) is 2. The Morgan fingerprint density at radius 1 is 1.20 bits per heavy atom. The molecule has 40 heavy (non-hydrogen) atoms. The average Bonchev–Trinajstić information content (AvgIpc) is 3.48. The van der Waals surface area contributed by atoms with Crippen molar-refractivity contribution in [1.29, 1.82) is 0 Å². The number of allylic oxidation sites excluding steroid dienone is 1. The highest BCUT2D eigenvalue weighted by molar-refractivity contribution is 8.02. The third kappa shape index (κ3) is 6.18. The third-order valence-corrected chi connectivity index (χ3v) is 10.8. The molecule has 0 radical (unpaired) electrons. The van der Waals surface area contributed by atoms with E-state index in [-0.39, 0.29) is 41.0 Å². The maximum Gasteiger partial charge on any atom is 0.310 e. The predicted molar refractivity (Wildman–Crippen MR) is 162 cm³/mol. The normalized spacial score (nSPS) is 28.5. The van der Waals surface area contributed by atoms with Crippen molar-refractivity contribution in [2.75, 3.05) is 19.8 Å². The SMILES string of the molecule is C=CCCCCOC(=O)[C@@H]1[C@H]2C(=O)N([C@@H](CO)C(C)C)C(C(=O)N(CC=C)C(C)(C)CC(C)(C)C)C23CC[C@H]1S3. The van der Waals surface area contributed by atoms with Gasteiger partial charge in [-0.1, -0.05) is 46.8 Å². The summed E-state index contributed by atoms with van der Waals surface area (Å²) in [5, 5.41) is 10.4. The van der Waals surface area contributed by atoms with E-state index < -0.39 is 34.2 Å². The zero-order chi connectivity index (χ0) is 30.0. The first-order chi connectivity index (χ1) is 18.7. The number of hydrogen-bond donors (Lipinski definition) is 1. The summed E-state index contributed by atoms with van der Waals surface area (Å²) in [6, 6.07) is -1.28. The molecule has 2 unspecified atom stereocenters. The monoisotopic (exact) mass is 576 g/mol. The molecule has 3 fully saturated rings. The lowest BCUT2D eigenvalue weighted by Crippen LogP contribution is -2.62. The van der Waals surface area contributed by atoms with Crippen molar-refractivity contribution in [3.63, 3.8) is 0 Å². The highest BCUT2D eigenvalue weighted by atomic mass is 32.2. The molecule has 2 bridgehead atoms. The second-order valence-corrected chi connectivity index (χ2v) is 15.6. The molecule has 0 aliphatic carbocycles. The Balaban J connectivity index is 2.03. The standard InChI is InChI=1S/C32H52N2O5S/c1-10-12-13-14-18-39-29(38)24-23-15-16-32(40-23)25(24)27(36)34(22(19-35)21(3)4)26(32)28(37)33(17-11-2)31(8,9)20-30(5,6)7/h10-11,21-26,35H,1-2,12-20H2,3-9H3/t22-,23+,24-,25-,26?,32?/m0/s1. The molecule has 1 N–H and O–H groups in total. The fraction of sp³-hybridized carbons (Fsp3) is 0.781. The molecule has 1 spiro atoms. The number of carbonyl (C=O) groups is 3. The largest absolute Gasteiger partial charge is 0.465 e. The van der Waals surface area contributed by atoms with E-state index in [0.29, 0.717) is 19.6 Å². The van der Waals surface area contributed by atoms with Crippen LogP contribution < -0.4 is 0 Å². The van der Waals surface area contributed by atoms with E-state index in [2.05, 4.69) is 47.8 Å². The van der Waals surface area contributed by atoms with Gasteiger partial charge in [-0.15, -0.1) is 24.9 Å². The van der Waals surface area contributed by atoms with Gasteiger partial charge in [-0.25, -0.2) is 0 Å². The summed E-state index contributed by atoms with van der Waals surface area (Å²) in [5.41, 5.74) is -0.521. The summed E-state index contributed by atoms with van der Waals surface area (Å²) < 4.78 is 5.01. The first kappa shape index (κ1) is 32.7.